The van der Waals surface area contributed by atoms with Crippen LogP contribution >= 0.6 is 11.3 Å². The van der Waals surface area contributed by atoms with Crippen molar-refractivity contribution in [1.29, 1.82) is 0 Å². The van der Waals surface area contributed by atoms with Crippen LogP contribution in [0.25, 0.3) is 120 Å². The maximum Gasteiger partial charge on any atom is 0.167 e. The van der Waals surface area contributed by atoms with Gasteiger partial charge in [-0.2, -0.15) is 0 Å². The van der Waals surface area contributed by atoms with Crippen molar-refractivity contribution in [3.63, 3.8) is 0 Å². The van der Waals surface area contributed by atoms with Gasteiger partial charge in [-0.3, -0.25) is 0 Å². The molecular formula is C52H30N4OS. The summed E-state index contributed by atoms with van der Waals surface area (Å²) in [6, 6.07) is 63.2. The van der Waals surface area contributed by atoms with E-state index in [4.69, 9.17) is 24.4 Å². The third-order valence-corrected chi connectivity index (χ3v) is 12.3. The van der Waals surface area contributed by atoms with Crippen LogP contribution in [0.15, 0.2) is 186 Å². The van der Waals surface area contributed by atoms with Crippen molar-refractivity contribution >= 4 is 75.1 Å². The molecule has 58 heavy (non-hydrogen) atoms. The molecule has 4 heterocycles. The molecule has 0 fully saturated rings. The first kappa shape index (κ1) is 32.7. The second kappa shape index (κ2) is 13.0. The molecular weight excluding hydrogens is 729 g/mol. The predicted molar refractivity (Wildman–Crippen MR) is 240 cm³/mol. The largest absolute Gasteiger partial charge is 0.455 e. The van der Waals surface area contributed by atoms with Gasteiger partial charge in [0.15, 0.2) is 17.5 Å². The highest BCUT2D eigenvalue weighted by molar-refractivity contribution is 7.26. The van der Waals surface area contributed by atoms with Crippen LogP contribution in [-0.2, 0) is 0 Å². The van der Waals surface area contributed by atoms with Crippen LogP contribution in [0, 0.1) is 0 Å². The summed E-state index contributed by atoms with van der Waals surface area (Å²) < 4.78 is 8.93. The molecule has 270 valence electrons. The van der Waals surface area contributed by atoms with Crippen LogP contribution in [0.1, 0.15) is 0 Å². The van der Waals surface area contributed by atoms with E-state index in [1.54, 1.807) is 0 Å². The molecule has 12 aromatic rings. The second-order valence-electron chi connectivity index (χ2n) is 14.5. The van der Waals surface area contributed by atoms with E-state index in [1.165, 1.54) is 36.5 Å². The van der Waals surface area contributed by atoms with Crippen LogP contribution in [0.2, 0.25) is 0 Å². The molecule has 6 heteroatoms. The highest BCUT2D eigenvalue weighted by Gasteiger charge is 2.20. The van der Waals surface area contributed by atoms with Gasteiger partial charge in [0.2, 0.25) is 0 Å². The van der Waals surface area contributed by atoms with Crippen LogP contribution in [0.3, 0.4) is 0 Å². The van der Waals surface area contributed by atoms with E-state index in [1.807, 2.05) is 72.0 Å². The maximum atomic E-state index is 6.42. The van der Waals surface area contributed by atoms with Gasteiger partial charge >= 0.3 is 0 Å². The third kappa shape index (κ3) is 5.16. The molecule has 4 aromatic heterocycles. The number of nitrogens with zero attached hydrogens (tertiary/aromatic N) is 4. The van der Waals surface area contributed by atoms with Crippen LogP contribution in [-0.4, -0.2) is 19.9 Å². The summed E-state index contributed by atoms with van der Waals surface area (Å²) in [6.07, 6.45) is 0. The Kier molecular flexibility index (Phi) is 7.33. The molecule has 0 saturated heterocycles. The molecule has 0 aliphatic carbocycles. The van der Waals surface area contributed by atoms with Gasteiger partial charge in [-0.25, -0.2) is 19.9 Å². The molecule has 0 aliphatic heterocycles. The Morgan fingerprint density at radius 3 is 1.76 bits per heavy atom. The number of para-hydroxylation sites is 3. The number of benzene rings is 8. The summed E-state index contributed by atoms with van der Waals surface area (Å²) in [4.78, 5) is 20.3. The van der Waals surface area contributed by atoms with E-state index in [9.17, 15) is 0 Å². The highest BCUT2D eigenvalue weighted by atomic mass is 32.1. The highest BCUT2D eigenvalue weighted by Crippen LogP contribution is 2.46. The summed E-state index contributed by atoms with van der Waals surface area (Å²) in [6.45, 7) is 0. The fourth-order valence-corrected chi connectivity index (χ4v) is 9.68. The second-order valence-corrected chi connectivity index (χ2v) is 15.6. The van der Waals surface area contributed by atoms with E-state index < -0.39 is 0 Å². The van der Waals surface area contributed by atoms with Crippen molar-refractivity contribution in [3.8, 4) is 56.5 Å². The van der Waals surface area contributed by atoms with Gasteiger partial charge < -0.3 is 4.42 Å². The van der Waals surface area contributed by atoms with E-state index in [-0.39, 0.29) is 0 Å². The Hall–Kier alpha value is -7.54. The number of rotatable bonds is 5. The van der Waals surface area contributed by atoms with Gasteiger partial charge in [0.25, 0.3) is 0 Å². The monoisotopic (exact) mass is 758 g/mol. The molecule has 0 amide bonds. The van der Waals surface area contributed by atoms with Crippen molar-refractivity contribution in [2.75, 3.05) is 0 Å². The fraction of sp³-hybridized carbons (Fsp3) is 0. The summed E-state index contributed by atoms with van der Waals surface area (Å²) in [5.74, 6) is 1.78. The van der Waals surface area contributed by atoms with Gasteiger partial charge in [-0.05, 0) is 35.4 Å². The zero-order valence-electron chi connectivity index (χ0n) is 30.9. The predicted octanol–water partition coefficient (Wildman–Crippen LogP) is 14.2. The Morgan fingerprint density at radius 2 is 0.966 bits per heavy atom. The van der Waals surface area contributed by atoms with Gasteiger partial charge in [-0.15, -0.1) is 11.3 Å². The number of hydrogen-bond donors (Lipinski definition) is 0. The lowest BCUT2D eigenvalue weighted by atomic mass is 9.95. The Labute approximate surface area is 336 Å². The average Bonchev–Trinajstić information content (AvgIpc) is 3.88. The molecule has 8 aromatic carbocycles. The van der Waals surface area contributed by atoms with Crippen molar-refractivity contribution in [2.24, 2.45) is 0 Å². The van der Waals surface area contributed by atoms with Gasteiger partial charge in [0.1, 0.15) is 11.2 Å². The number of pyridine rings is 1. The van der Waals surface area contributed by atoms with Crippen LogP contribution in [0.4, 0.5) is 0 Å². The van der Waals surface area contributed by atoms with E-state index >= 15 is 0 Å². The smallest absolute Gasteiger partial charge is 0.167 e. The molecule has 12 rings (SSSR count). The van der Waals surface area contributed by atoms with Crippen molar-refractivity contribution in [3.05, 3.63) is 182 Å². The Morgan fingerprint density at radius 1 is 0.362 bits per heavy atom. The lowest BCUT2D eigenvalue weighted by molar-refractivity contribution is 0.669. The summed E-state index contributed by atoms with van der Waals surface area (Å²) >= 11 is 1.85. The van der Waals surface area contributed by atoms with E-state index in [2.05, 4.69) is 121 Å². The summed E-state index contributed by atoms with van der Waals surface area (Å²) in [5.41, 5.74) is 9.70. The first-order chi connectivity index (χ1) is 28.7. The van der Waals surface area contributed by atoms with Gasteiger partial charge in [-0.1, -0.05) is 158 Å². The number of aromatic nitrogens is 4. The maximum absolute atomic E-state index is 6.42. The minimum atomic E-state index is 0.568. The Balaban J connectivity index is 1.01. The third-order valence-electron chi connectivity index (χ3n) is 11.1. The minimum absolute atomic E-state index is 0.568. The molecule has 0 radical (unpaired) electrons. The molecule has 0 atom stereocenters. The topological polar surface area (TPSA) is 64.7 Å². The molecule has 0 bridgehead atoms. The molecule has 0 unspecified atom stereocenters. The first-order valence-corrected chi connectivity index (χ1v) is 20.1. The number of fused-ring (bicyclic) bond motifs is 10. The SMILES string of the molecule is c1ccc(-c2nc(-c3ccc(-c4cccc5c4sc4ccc6c(-c7ccccc7)nc7ccccc7c6c45)cc3)nc(-c3cccc4c3oc3ccccc34)n2)cc1. The Bertz CT molecular complexity index is 3560. The van der Waals surface area contributed by atoms with Crippen molar-refractivity contribution in [1.82, 2.24) is 19.9 Å². The normalized spacial score (nSPS) is 11.8. The van der Waals surface area contributed by atoms with Crippen molar-refractivity contribution in [2.45, 2.75) is 0 Å². The first-order valence-electron chi connectivity index (χ1n) is 19.3. The van der Waals surface area contributed by atoms with Gasteiger partial charge in [0, 0.05) is 63.8 Å². The quantitative estimate of drug-likeness (QED) is 0.164. The van der Waals surface area contributed by atoms with Crippen molar-refractivity contribution < 1.29 is 4.42 Å². The molecule has 0 saturated carbocycles. The molecule has 0 aliphatic rings. The molecule has 5 nitrogen and oxygen atoms in total. The standard InChI is InChI=1S/C52H30N4OS/c1-3-13-32(14-4-1)47-39-29-30-44-46(45(39)38-18-7-9-23-42(38)53-47)40-21-11-19-35(49(40)58-44)31-25-27-34(28-26-31)51-54-50(33-15-5-2-6-16-33)55-52(56-51)41-22-12-20-37-36-17-8-10-24-43(36)57-48(37)41/h1-30H. The summed E-state index contributed by atoms with van der Waals surface area (Å²) in [5, 5.41) is 8.20. The number of thiophene rings is 1. The van der Waals surface area contributed by atoms with Crippen LogP contribution in [0.5, 0.6) is 0 Å². The van der Waals surface area contributed by atoms with E-state index in [0.29, 0.717) is 17.5 Å². The summed E-state index contributed by atoms with van der Waals surface area (Å²) in [7, 11) is 0. The van der Waals surface area contributed by atoms with E-state index in [0.717, 1.165) is 66.4 Å². The van der Waals surface area contributed by atoms with Crippen LogP contribution < -0.4 is 0 Å². The lowest BCUT2D eigenvalue weighted by Gasteiger charge is -2.12. The zero-order chi connectivity index (χ0) is 38.2. The molecule has 0 N–H and O–H groups in total. The minimum Gasteiger partial charge on any atom is -0.455 e. The zero-order valence-corrected chi connectivity index (χ0v) is 31.7. The number of furan rings is 1. The average molecular weight is 759 g/mol. The number of hydrogen-bond acceptors (Lipinski definition) is 6. The lowest BCUT2D eigenvalue weighted by Crippen LogP contribution is -2.00. The molecule has 0 spiro atoms. The fourth-order valence-electron chi connectivity index (χ4n) is 8.44. The van der Waals surface area contributed by atoms with Gasteiger partial charge in [0.05, 0.1) is 16.8 Å².